The van der Waals surface area contributed by atoms with Crippen LogP contribution in [-0.4, -0.2) is 83.5 Å². The van der Waals surface area contributed by atoms with Crippen molar-refractivity contribution < 1.29 is 17.9 Å². The van der Waals surface area contributed by atoms with Gasteiger partial charge in [-0.15, -0.1) is 0 Å². The number of carbonyl (C=O) groups is 1. The average Bonchev–Trinajstić information content (AvgIpc) is 3.33. The van der Waals surface area contributed by atoms with Gasteiger partial charge in [-0.1, -0.05) is 6.07 Å². The number of carbonyl (C=O) groups excluding carboxylic acids is 1. The summed E-state index contributed by atoms with van der Waals surface area (Å²) in [5, 5.41) is 4.15. The number of nitrogens with one attached hydrogen (secondary N) is 1. The first-order chi connectivity index (χ1) is 20.3. The molecule has 43 heavy (non-hydrogen) atoms. The first kappa shape index (κ1) is 30.1. The van der Waals surface area contributed by atoms with E-state index in [-0.39, 0.29) is 12.1 Å². The fourth-order valence-corrected chi connectivity index (χ4v) is 5.48. The van der Waals surface area contributed by atoms with Crippen LogP contribution in [0.5, 0.6) is 0 Å². The van der Waals surface area contributed by atoms with E-state index < -0.39 is 15.6 Å². The average molecular weight is 607 g/mol. The Bertz CT molecular complexity index is 1720. The molecule has 0 bridgehead atoms. The van der Waals surface area contributed by atoms with E-state index in [9.17, 15) is 13.2 Å². The molecule has 1 fully saturated rings. The molecular weight excluding hydrogens is 568 g/mol. The zero-order valence-corrected chi connectivity index (χ0v) is 26.2. The predicted octanol–water partition coefficient (Wildman–Crippen LogP) is 4.46. The Kier molecular flexibility index (Phi) is 8.19. The fraction of sp³-hybridized carbons (Fsp3) is 0.400. The molecule has 1 aromatic carbocycles. The number of hydrogen-bond donors (Lipinski definition) is 1. The second-order valence-electron chi connectivity index (χ2n) is 11.8. The van der Waals surface area contributed by atoms with E-state index in [4.69, 9.17) is 9.72 Å². The van der Waals surface area contributed by atoms with Crippen LogP contribution in [0.2, 0.25) is 0 Å². The minimum atomic E-state index is -3.46. The number of fused-ring (bicyclic) bond motifs is 1. The van der Waals surface area contributed by atoms with Gasteiger partial charge in [-0.3, -0.25) is 4.31 Å². The molecule has 12 nitrogen and oxygen atoms in total. The van der Waals surface area contributed by atoms with Gasteiger partial charge in [0.05, 0.1) is 12.8 Å². The van der Waals surface area contributed by atoms with Crippen LogP contribution in [0.3, 0.4) is 0 Å². The predicted molar refractivity (Wildman–Crippen MR) is 168 cm³/mol. The van der Waals surface area contributed by atoms with E-state index >= 15 is 0 Å². The molecule has 1 aliphatic heterocycles. The molecule has 4 heterocycles. The summed E-state index contributed by atoms with van der Waals surface area (Å²) in [7, 11) is -1.97. The number of amides is 1. The number of nitrogens with zero attached hydrogens (tertiary/aromatic N) is 7. The molecule has 3 aromatic heterocycles. The lowest BCUT2D eigenvalue weighted by molar-refractivity contribution is 0.0159. The molecule has 1 aliphatic rings. The van der Waals surface area contributed by atoms with Gasteiger partial charge >= 0.3 is 6.09 Å². The van der Waals surface area contributed by atoms with Crippen molar-refractivity contribution in [2.75, 3.05) is 47.5 Å². The lowest BCUT2D eigenvalue weighted by atomic mass is 10.1. The fourth-order valence-electron chi connectivity index (χ4n) is 5.00. The van der Waals surface area contributed by atoms with Crippen molar-refractivity contribution in [1.82, 2.24) is 24.4 Å². The zero-order chi connectivity index (χ0) is 30.9. The van der Waals surface area contributed by atoms with Crippen molar-refractivity contribution in [2.24, 2.45) is 0 Å². The lowest BCUT2D eigenvalue weighted by Crippen LogP contribution is -2.55. The topological polar surface area (TPSA) is 126 Å². The van der Waals surface area contributed by atoms with Crippen LogP contribution in [0.4, 0.5) is 27.9 Å². The van der Waals surface area contributed by atoms with Crippen LogP contribution < -0.4 is 14.5 Å². The van der Waals surface area contributed by atoms with Gasteiger partial charge < -0.3 is 24.4 Å². The summed E-state index contributed by atoms with van der Waals surface area (Å²) in [6.45, 7) is 10.1. The van der Waals surface area contributed by atoms with E-state index in [1.54, 1.807) is 23.4 Å². The number of pyridine rings is 1. The monoisotopic (exact) mass is 606 g/mol. The van der Waals surface area contributed by atoms with Crippen molar-refractivity contribution in [3.05, 3.63) is 66.6 Å². The largest absolute Gasteiger partial charge is 0.444 e. The summed E-state index contributed by atoms with van der Waals surface area (Å²) >= 11 is 0. The maximum atomic E-state index is 12.6. The third-order valence-electron chi connectivity index (χ3n) is 7.25. The smallest absolute Gasteiger partial charge is 0.410 e. The maximum absolute atomic E-state index is 12.6. The van der Waals surface area contributed by atoms with E-state index in [1.807, 2.05) is 74.9 Å². The van der Waals surface area contributed by atoms with Crippen LogP contribution in [0.1, 0.15) is 33.3 Å². The minimum Gasteiger partial charge on any atom is -0.444 e. The van der Waals surface area contributed by atoms with Crippen molar-refractivity contribution in [1.29, 1.82) is 0 Å². The lowest BCUT2D eigenvalue weighted by Gasteiger charge is -2.41. The van der Waals surface area contributed by atoms with Crippen molar-refractivity contribution in [3.63, 3.8) is 0 Å². The Morgan fingerprint density at radius 1 is 1.12 bits per heavy atom. The van der Waals surface area contributed by atoms with Crippen LogP contribution in [0.25, 0.3) is 11.0 Å². The van der Waals surface area contributed by atoms with E-state index in [1.165, 1.54) is 11.4 Å². The number of aromatic nitrogens is 4. The van der Waals surface area contributed by atoms with E-state index in [2.05, 4.69) is 20.2 Å². The molecule has 0 saturated carbocycles. The van der Waals surface area contributed by atoms with Gasteiger partial charge in [-0.05, 0) is 64.1 Å². The first-order valence-corrected chi connectivity index (χ1v) is 15.9. The summed E-state index contributed by atoms with van der Waals surface area (Å²) < 4.78 is 33.0. The second kappa shape index (κ2) is 11.7. The molecule has 4 aromatic rings. The Hall–Kier alpha value is -4.39. The first-order valence-electron chi connectivity index (χ1n) is 14.1. The van der Waals surface area contributed by atoms with Gasteiger partial charge in [-0.25, -0.2) is 23.2 Å². The Balaban J connectivity index is 1.27. The minimum absolute atomic E-state index is 0.0206. The number of anilines is 4. The molecular formula is C30H38N8O4S. The SMILES string of the molecule is C[C@H]1CN(c2ccc(Nc3ncc4ccn(Cc5cccnc5N(C)S(C)(=O)=O)c4n3)cc2)CCN1C(=O)OC(C)(C)C. The highest BCUT2D eigenvalue weighted by molar-refractivity contribution is 7.92. The molecule has 0 aliphatic carbocycles. The van der Waals surface area contributed by atoms with Gasteiger partial charge in [0.2, 0.25) is 16.0 Å². The molecule has 0 unspecified atom stereocenters. The number of benzene rings is 1. The third-order valence-corrected chi connectivity index (χ3v) is 8.42. The van der Waals surface area contributed by atoms with Crippen molar-refractivity contribution >= 4 is 50.3 Å². The maximum Gasteiger partial charge on any atom is 0.410 e. The molecule has 1 amide bonds. The van der Waals surface area contributed by atoms with Gasteiger partial charge in [-0.2, -0.15) is 4.98 Å². The number of sulfonamides is 1. The standard InChI is InChI=1S/C30H38N8O4S/c1-21-19-36(16-17-38(21)29(39)42-30(2,3)4)25-11-9-24(10-12-25)33-28-32-18-22-13-15-37(27(22)34-28)20-23-8-7-14-31-26(23)35(5)43(6,40)41/h7-15,18,21H,16-17,19-20H2,1-6H3,(H,32,33,34)/t21-/m0/s1. The summed E-state index contributed by atoms with van der Waals surface area (Å²) in [6.07, 6.45) is 6.12. The number of ether oxygens (including phenoxy) is 1. The Morgan fingerprint density at radius 2 is 1.86 bits per heavy atom. The molecule has 1 N–H and O–H groups in total. The molecule has 13 heteroatoms. The van der Waals surface area contributed by atoms with Crippen LogP contribution in [0, 0.1) is 0 Å². The molecule has 1 atom stereocenters. The van der Waals surface area contributed by atoms with E-state index in [0.29, 0.717) is 43.6 Å². The number of hydrogen-bond acceptors (Lipinski definition) is 9. The van der Waals surface area contributed by atoms with Gasteiger partial charge in [0.1, 0.15) is 17.1 Å². The summed E-state index contributed by atoms with van der Waals surface area (Å²) in [5.74, 6) is 0.819. The van der Waals surface area contributed by atoms with Crippen LogP contribution in [-0.2, 0) is 21.3 Å². The Labute approximate surface area is 252 Å². The van der Waals surface area contributed by atoms with E-state index in [0.717, 1.165) is 28.6 Å². The quantitative estimate of drug-likeness (QED) is 0.325. The van der Waals surface area contributed by atoms with Gasteiger partial charge in [0, 0.05) is 73.6 Å². The molecule has 1 saturated heterocycles. The molecule has 0 spiro atoms. The second-order valence-corrected chi connectivity index (χ2v) is 13.8. The van der Waals surface area contributed by atoms with Crippen LogP contribution >= 0.6 is 0 Å². The third kappa shape index (κ3) is 6.99. The highest BCUT2D eigenvalue weighted by atomic mass is 32.2. The van der Waals surface area contributed by atoms with Crippen molar-refractivity contribution in [3.8, 4) is 0 Å². The normalized spacial score (nSPS) is 15.9. The highest BCUT2D eigenvalue weighted by Crippen LogP contribution is 2.26. The molecule has 0 radical (unpaired) electrons. The van der Waals surface area contributed by atoms with Crippen molar-refractivity contribution in [2.45, 2.75) is 45.9 Å². The van der Waals surface area contributed by atoms with Crippen LogP contribution in [0.15, 0.2) is 61.1 Å². The Morgan fingerprint density at radius 3 is 2.53 bits per heavy atom. The zero-order valence-electron chi connectivity index (χ0n) is 25.4. The summed E-state index contributed by atoms with van der Waals surface area (Å²) in [4.78, 5) is 30.2. The molecule has 228 valence electrons. The summed E-state index contributed by atoms with van der Waals surface area (Å²) in [6, 6.07) is 13.6. The number of rotatable bonds is 7. The van der Waals surface area contributed by atoms with Gasteiger partial charge in [0.15, 0.2) is 0 Å². The number of piperazine rings is 1. The molecule has 5 rings (SSSR count). The van der Waals surface area contributed by atoms with Gasteiger partial charge in [0.25, 0.3) is 0 Å². The highest BCUT2D eigenvalue weighted by Gasteiger charge is 2.31. The summed E-state index contributed by atoms with van der Waals surface area (Å²) in [5.41, 5.74) is 2.85.